The molecule has 1 heteroatoms. The number of ketones is 1. The molecule has 2 aliphatic carbocycles. The number of fused-ring (bicyclic) bond motifs is 2. The predicted molar refractivity (Wildman–Crippen MR) is 115 cm³/mol. The van der Waals surface area contributed by atoms with E-state index >= 15 is 0 Å². The Hall–Kier alpha value is -3.45. The Morgan fingerprint density at radius 2 is 1.32 bits per heavy atom. The van der Waals surface area contributed by atoms with E-state index in [9.17, 15) is 4.79 Å². The second-order valence-electron chi connectivity index (χ2n) is 7.40. The molecule has 0 radical (unpaired) electrons. The Bertz CT molecular complexity index is 1160. The average Bonchev–Trinajstić information content (AvgIpc) is 3.04. The largest absolute Gasteiger partial charge is 0.290 e. The van der Waals surface area contributed by atoms with Crippen LogP contribution in [-0.4, -0.2) is 5.78 Å². The topological polar surface area (TPSA) is 17.1 Å². The van der Waals surface area contributed by atoms with Gasteiger partial charge in [0.05, 0.1) is 5.41 Å². The SMILES string of the molecule is CC1=CC(=O)C=C[C@@]12C(c1ccccc1)=C(c1ccccc1)c1ccccc12. The van der Waals surface area contributed by atoms with Gasteiger partial charge in [-0.05, 0) is 52.5 Å². The first kappa shape index (κ1) is 16.7. The molecule has 28 heavy (non-hydrogen) atoms. The quantitative estimate of drug-likeness (QED) is 0.549. The second-order valence-corrected chi connectivity index (χ2v) is 7.40. The predicted octanol–water partition coefficient (Wildman–Crippen LogP) is 5.98. The van der Waals surface area contributed by atoms with Crippen molar-refractivity contribution in [2.45, 2.75) is 12.3 Å². The molecule has 3 aromatic rings. The van der Waals surface area contributed by atoms with Crippen molar-refractivity contribution in [2.75, 3.05) is 0 Å². The van der Waals surface area contributed by atoms with Gasteiger partial charge in [0.2, 0.25) is 0 Å². The highest BCUT2D eigenvalue weighted by Crippen LogP contribution is 2.57. The molecule has 0 amide bonds. The maximum Gasteiger partial charge on any atom is 0.178 e. The zero-order valence-electron chi connectivity index (χ0n) is 15.7. The summed E-state index contributed by atoms with van der Waals surface area (Å²) in [5.41, 5.74) is 8.00. The van der Waals surface area contributed by atoms with Gasteiger partial charge < -0.3 is 0 Å². The summed E-state index contributed by atoms with van der Waals surface area (Å²) in [7, 11) is 0. The van der Waals surface area contributed by atoms with E-state index < -0.39 is 5.41 Å². The third-order valence-corrected chi connectivity index (χ3v) is 5.87. The summed E-state index contributed by atoms with van der Waals surface area (Å²) < 4.78 is 0. The van der Waals surface area contributed by atoms with E-state index in [4.69, 9.17) is 0 Å². The number of carbonyl (C=O) groups is 1. The number of hydrogen-bond acceptors (Lipinski definition) is 1. The standard InChI is InChI=1S/C27H20O/c1-19-18-22(28)16-17-27(19)24-15-9-8-14-23(24)25(20-10-4-2-5-11-20)26(27)21-12-6-3-7-13-21/h2-18H,1H3/t27-/m1/s1. The molecule has 5 rings (SSSR count). The third-order valence-electron chi connectivity index (χ3n) is 5.87. The van der Waals surface area contributed by atoms with Gasteiger partial charge in [0, 0.05) is 0 Å². The highest BCUT2D eigenvalue weighted by molar-refractivity contribution is 6.12. The fraction of sp³-hybridized carbons (Fsp3) is 0.0741. The zero-order chi connectivity index (χ0) is 19.1. The second kappa shape index (κ2) is 6.31. The van der Waals surface area contributed by atoms with E-state index in [1.165, 1.54) is 33.4 Å². The summed E-state index contributed by atoms with van der Waals surface area (Å²) in [5.74, 6) is 0.0566. The molecule has 1 spiro atoms. The average molecular weight is 360 g/mol. The van der Waals surface area contributed by atoms with Crippen molar-refractivity contribution in [1.29, 1.82) is 0 Å². The Balaban J connectivity index is 1.94. The molecular formula is C27H20O. The minimum absolute atomic E-state index is 0.0566. The summed E-state index contributed by atoms with van der Waals surface area (Å²) in [6.45, 7) is 2.08. The van der Waals surface area contributed by atoms with Crippen LogP contribution in [0, 0.1) is 0 Å². The van der Waals surface area contributed by atoms with Gasteiger partial charge in [-0.1, -0.05) is 96.6 Å². The summed E-state index contributed by atoms with van der Waals surface area (Å²) in [6, 6.07) is 29.7. The number of carbonyl (C=O) groups excluding carboxylic acids is 1. The van der Waals surface area contributed by atoms with Crippen LogP contribution in [-0.2, 0) is 10.2 Å². The first-order valence-corrected chi connectivity index (χ1v) is 9.59. The minimum Gasteiger partial charge on any atom is -0.290 e. The van der Waals surface area contributed by atoms with Gasteiger partial charge in [0.25, 0.3) is 0 Å². The van der Waals surface area contributed by atoms with Crippen molar-refractivity contribution in [2.24, 2.45) is 0 Å². The molecule has 0 aliphatic heterocycles. The number of allylic oxidation sites excluding steroid dienone is 5. The molecule has 0 heterocycles. The first-order chi connectivity index (χ1) is 13.7. The maximum absolute atomic E-state index is 12.1. The normalized spacial score (nSPS) is 20.5. The lowest BCUT2D eigenvalue weighted by atomic mass is 9.67. The van der Waals surface area contributed by atoms with Gasteiger partial charge >= 0.3 is 0 Å². The van der Waals surface area contributed by atoms with E-state index in [0.29, 0.717) is 0 Å². The van der Waals surface area contributed by atoms with Crippen LogP contribution in [0.15, 0.2) is 109 Å². The Morgan fingerprint density at radius 1 is 0.714 bits per heavy atom. The molecule has 1 atom stereocenters. The van der Waals surface area contributed by atoms with E-state index in [-0.39, 0.29) is 5.78 Å². The van der Waals surface area contributed by atoms with Gasteiger partial charge in [0.15, 0.2) is 5.78 Å². The van der Waals surface area contributed by atoms with Crippen LogP contribution < -0.4 is 0 Å². The number of benzene rings is 3. The molecule has 1 nitrogen and oxygen atoms in total. The highest BCUT2D eigenvalue weighted by Gasteiger charge is 2.46. The van der Waals surface area contributed by atoms with Crippen LogP contribution in [0.1, 0.15) is 29.2 Å². The summed E-state index contributed by atoms with van der Waals surface area (Å²) in [4.78, 5) is 12.1. The molecule has 0 saturated carbocycles. The third kappa shape index (κ3) is 2.30. The maximum atomic E-state index is 12.1. The van der Waals surface area contributed by atoms with Crippen molar-refractivity contribution in [3.63, 3.8) is 0 Å². The van der Waals surface area contributed by atoms with Crippen LogP contribution in [0.2, 0.25) is 0 Å². The smallest absolute Gasteiger partial charge is 0.178 e. The molecule has 0 saturated heterocycles. The van der Waals surface area contributed by atoms with Crippen LogP contribution in [0.25, 0.3) is 11.1 Å². The van der Waals surface area contributed by atoms with Crippen LogP contribution in [0.4, 0.5) is 0 Å². The molecular weight excluding hydrogens is 340 g/mol. The van der Waals surface area contributed by atoms with Gasteiger partial charge in [-0.3, -0.25) is 4.79 Å². The molecule has 3 aromatic carbocycles. The Morgan fingerprint density at radius 3 is 2.00 bits per heavy atom. The summed E-state index contributed by atoms with van der Waals surface area (Å²) in [6.07, 6.45) is 5.61. The minimum atomic E-state index is -0.420. The molecule has 134 valence electrons. The van der Waals surface area contributed by atoms with Crippen molar-refractivity contribution >= 4 is 16.9 Å². The highest BCUT2D eigenvalue weighted by atomic mass is 16.1. The Kier molecular flexibility index (Phi) is 3.77. The van der Waals surface area contributed by atoms with Crippen molar-refractivity contribution in [3.8, 4) is 0 Å². The van der Waals surface area contributed by atoms with Gasteiger partial charge in [-0.2, -0.15) is 0 Å². The lowest BCUT2D eigenvalue weighted by Gasteiger charge is -2.34. The van der Waals surface area contributed by atoms with Crippen LogP contribution in [0.5, 0.6) is 0 Å². The molecule has 0 aromatic heterocycles. The van der Waals surface area contributed by atoms with Crippen molar-refractivity contribution in [3.05, 3.63) is 131 Å². The lowest BCUT2D eigenvalue weighted by Crippen LogP contribution is -2.28. The van der Waals surface area contributed by atoms with E-state index in [1.54, 1.807) is 12.2 Å². The molecule has 0 fully saturated rings. The van der Waals surface area contributed by atoms with E-state index in [1.807, 2.05) is 12.1 Å². The number of rotatable bonds is 2. The van der Waals surface area contributed by atoms with Gasteiger partial charge in [-0.25, -0.2) is 0 Å². The molecule has 2 aliphatic rings. The zero-order valence-corrected chi connectivity index (χ0v) is 15.7. The van der Waals surface area contributed by atoms with E-state index in [0.717, 1.165) is 5.57 Å². The fourth-order valence-electron chi connectivity index (χ4n) is 4.69. The van der Waals surface area contributed by atoms with Gasteiger partial charge in [0.1, 0.15) is 0 Å². The number of hydrogen-bond donors (Lipinski definition) is 0. The Labute approximate surface area is 165 Å². The van der Waals surface area contributed by atoms with Crippen LogP contribution >= 0.6 is 0 Å². The van der Waals surface area contributed by atoms with Crippen molar-refractivity contribution in [1.82, 2.24) is 0 Å². The lowest BCUT2D eigenvalue weighted by molar-refractivity contribution is -0.110. The molecule has 0 N–H and O–H groups in total. The van der Waals surface area contributed by atoms with E-state index in [2.05, 4.69) is 85.8 Å². The van der Waals surface area contributed by atoms with Crippen LogP contribution in [0.3, 0.4) is 0 Å². The monoisotopic (exact) mass is 360 g/mol. The summed E-state index contributed by atoms with van der Waals surface area (Å²) in [5, 5.41) is 0. The fourth-order valence-corrected chi connectivity index (χ4v) is 4.69. The summed E-state index contributed by atoms with van der Waals surface area (Å²) >= 11 is 0. The van der Waals surface area contributed by atoms with Crippen molar-refractivity contribution < 1.29 is 4.79 Å². The van der Waals surface area contributed by atoms with Gasteiger partial charge in [-0.15, -0.1) is 0 Å². The molecule has 0 bridgehead atoms. The molecule has 0 unspecified atom stereocenters. The first-order valence-electron chi connectivity index (χ1n) is 9.59.